The van der Waals surface area contributed by atoms with Crippen LogP contribution in [-0.4, -0.2) is 79.0 Å². The summed E-state index contributed by atoms with van der Waals surface area (Å²) >= 11 is 1.70. The molecule has 0 bridgehead atoms. The van der Waals surface area contributed by atoms with Crippen molar-refractivity contribution in [2.45, 2.75) is 46.0 Å². The van der Waals surface area contributed by atoms with Crippen LogP contribution in [0.3, 0.4) is 0 Å². The summed E-state index contributed by atoms with van der Waals surface area (Å²) in [5.74, 6) is 1.57. The van der Waals surface area contributed by atoms with Gasteiger partial charge in [-0.25, -0.2) is 4.98 Å². The molecule has 1 aromatic heterocycles. The number of aryl methyl sites for hydroxylation is 1. The maximum Gasteiger partial charge on any atom is 0.225 e. The van der Waals surface area contributed by atoms with Crippen LogP contribution in [0.2, 0.25) is 0 Å². The lowest BCUT2D eigenvalue weighted by molar-refractivity contribution is -0.137. The van der Waals surface area contributed by atoms with Crippen LogP contribution in [0.1, 0.15) is 43.3 Å². The Labute approximate surface area is 202 Å². The average molecular weight is 549 g/mol. The Bertz CT molecular complexity index is 668. The van der Waals surface area contributed by atoms with Crippen LogP contribution >= 0.6 is 35.3 Å². The standard InChI is InChI=1S/C21H36N6OS.HI/c1-3-22-21(23-9-8-19-16-29-17(2)25-19)24-10-11-26-12-14-27(15-13-26)20(28)18-6-4-5-7-18;/h16,18H,3-15H2,1-2H3,(H2,22,23,24);1H. The van der Waals surface area contributed by atoms with Crippen molar-refractivity contribution in [3.63, 3.8) is 0 Å². The highest BCUT2D eigenvalue weighted by molar-refractivity contribution is 14.0. The van der Waals surface area contributed by atoms with Crippen molar-refractivity contribution < 1.29 is 4.79 Å². The normalized spacial score (nSPS) is 18.3. The van der Waals surface area contributed by atoms with Crippen LogP contribution in [0.25, 0.3) is 0 Å². The topological polar surface area (TPSA) is 72.9 Å². The van der Waals surface area contributed by atoms with E-state index in [4.69, 9.17) is 4.99 Å². The molecule has 170 valence electrons. The van der Waals surface area contributed by atoms with E-state index in [0.29, 0.717) is 11.8 Å². The molecule has 3 rings (SSSR count). The summed E-state index contributed by atoms with van der Waals surface area (Å²) in [7, 11) is 0. The molecule has 1 aromatic rings. The van der Waals surface area contributed by atoms with E-state index < -0.39 is 0 Å². The molecule has 1 aliphatic heterocycles. The van der Waals surface area contributed by atoms with Crippen molar-refractivity contribution in [3.05, 3.63) is 16.1 Å². The number of piperazine rings is 1. The fourth-order valence-corrected chi connectivity index (χ4v) is 4.75. The van der Waals surface area contributed by atoms with Gasteiger partial charge in [0.1, 0.15) is 0 Å². The second kappa shape index (κ2) is 13.5. The zero-order chi connectivity index (χ0) is 20.5. The smallest absolute Gasteiger partial charge is 0.225 e. The number of rotatable bonds is 8. The first-order chi connectivity index (χ1) is 14.2. The Morgan fingerprint density at radius 1 is 1.23 bits per heavy atom. The van der Waals surface area contributed by atoms with Gasteiger partial charge in [0.25, 0.3) is 0 Å². The van der Waals surface area contributed by atoms with Crippen molar-refractivity contribution >= 4 is 47.2 Å². The number of aromatic nitrogens is 1. The first kappa shape index (κ1) is 25.3. The zero-order valence-corrected chi connectivity index (χ0v) is 21.5. The highest BCUT2D eigenvalue weighted by Crippen LogP contribution is 2.26. The fourth-order valence-electron chi connectivity index (χ4n) is 4.10. The molecule has 2 heterocycles. The third-order valence-corrected chi connectivity index (χ3v) is 6.58. The predicted molar refractivity (Wildman–Crippen MR) is 135 cm³/mol. The molecule has 2 aliphatic rings. The Hall–Kier alpha value is -0.940. The van der Waals surface area contributed by atoms with Gasteiger partial charge in [-0.05, 0) is 26.7 Å². The summed E-state index contributed by atoms with van der Waals surface area (Å²) in [6.45, 7) is 11.2. The van der Waals surface area contributed by atoms with Crippen molar-refractivity contribution in [2.75, 3.05) is 52.4 Å². The molecule has 1 amide bonds. The van der Waals surface area contributed by atoms with Gasteiger partial charge in [-0.15, -0.1) is 35.3 Å². The summed E-state index contributed by atoms with van der Waals surface area (Å²) in [6.07, 6.45) is 5.54. The van der Waals surface area contributed by atoms with Crippen LogP contribution < -0.4 is 10.6 Å². The van der Waals surface area contributed by atoms with Gasteiger partial charge in [-0.3, -0.25) is 14.7 Å². The molecule has 0 radical (unpaired) electrons. The van der Waals surface area contributed by atoms with Gasteiger partial charge < -0.3 is 15.5 Å². The molecule has 1 saturated carbocycles. The van der Waals surface area contributed by atoms with E-state index in [1.54, 1.807) is 11.3 Å². The van der Waals surface area contributed by atoms with Crippen molar-refractivity contribution in [1.82, 2.24) is 25.4 Å². The number of carbonyl (C=O) groups excluding carboxylic acids is 1. The van der Waals surface area contributed by atoms with Gasteiger partial charge >= 0.3 is 0 Å². The van der Waals surface area contributed by atoms with Gasteiger partial charge in [0.05, 0.1) is 17.2 Å². The van der Waals surface area contributed by atoms with Crippen LogP contribution in [0.15, 0.2) is 10.4 Å². The van der Waals surface area contributed by atoms with Crippen LogP contribution in [-0.2, 0) is 11.2 Å². The Kier molecular flexibility index (Phi) is 11.4. The van der Waals surface area contributed by atoms with E-state index in [-0.39, 0.29) is 24.0 Å². The number of amides is 1. The monoisotopic (exact) mass is 548 g/mol. The minimum atomic E-state index is 0. The number of nitrogens with one attached hydrogen (secondary N) is 2. The van der Waals surface area contributed by atoms with E-state index in [1.165, 1.54) is 12.8 Å². The quantitative estimate of drug-likeness (QED) is 0.297. The number of carbonyl (C=O) groups is 1. The van der Waals surface area contributed by atoms with Crippen molar-refractivity contribution in [2.24, 2.45) is 10.9 Å². The van der Waals surface area contributed by atoms with E-state index in [1.807, 2.05) is 6.92 Å². The summed E-state index contributed by atoms with van der Waals surface area (Å²) < 4.78 is 0. The number of nitrogens with zero attached hydrogens (tertiary/aromatic N) is 4. The number of hydrogen-bond donors (Lipinski definition) is 2. The highest BCUT2D eigenvalue weighted by Gasteiger charge is 2.29. The highest BCUT2D eigenvalue weighted by atomic mass is 127. The molecule has 2 N–H and O–H groups in total. The Balaban J connectivity index is 0.00000320. The number of aliphatic imine (C=N–C) groups is 1. The van der Waals surface area contributed by atoms with E-state index >= 15 is 0 Å². The fraction of sp³-hybridized carbons (Fsp3) is 0.762. The van der Waals surface area contributed by atoms with Crippen LogP contribution in [0, 0.1) is 12.8 Å². The first-order valence-corrected chi connectivity index (χ1v) is 12.0. The van der Waals surface area contributed by atoms with Gasteiger partial charge in [0.15, 0.2) is 5.96 Å². The Morgan fingerprint density at radius 2 is 1.97 bits per heavy atom. The van der Waals surface area contributed by atoms with Gasteiger partial charge in [0.2, 0.25) is 5.91 Å². The lowest BCUT2D eigenvalue weighted by atomic mass is 10.1. The predicted octanol–water partition coefficient (Wildman–Crippen LogP) is 2.50. The SMILES string of the molecule is CCNC(=NCCN1CCN(C(=O)C2CCCC2)CC1)NCCc1csc(C)n1.I. The minimum absolute atomic E-state index is 0. The lowest BCUT2D eigenvalue weighted by Gasteiger charge is -2.35. The van der Waals surface area contributed by atoms with E-state index in [2.05, 4.69) is 37.7 Å². The van der Waals surface area contributed by atoms with Gasteiger partial charge in [-0.1, -0.05) is 12.8 Å². The second-order valence-corrected chi connectivity index (χ2v) is 9.01. The Morgan fingerprint density at radius 3 is 2.60 bits per heavy atom. The molecule has 0 unspecified atom stereocenters. The number of thiazole rings is 1. The van der Waals surface area contributed by atoms with Crippen molar-refractivity contribution in [3.8, 4) is 0 Å². The minimum Gasteiger partial charge on any atom is -0.357 e. The molecule has 30 heavy (non-hydrogen) atoms. The summed E-state index contributed by atoms with van der Waals surface area (Å²) in [5.41, 5.74) is 1.14. The average Bonchev–Trinajstić information content (AvgIpc) is 3.40. The first-order valence-electron chi connectivity index (χ1n) is 11.1. The van der Waals surface area contributed by atoms with Gasteiger partial charge in [-0.2, -0.15) is 0 Å². The molecular weight excluding hydrogens is 511 g/mol. The number of halogens is 1. The molecule has 7 nitrogen and oxygen atoms in total. The number of hydrogen-bond acceptors (Lipinski definition) is 5. The zero-order valence-electron chi connectivity index (χ0n) is 18.4. The molecule has 1 aliphatic carbocycles. The third kappa shape index (κ3) is 7.96. The third-order valence-electron chi connectivity index (χ3n) is 5.76. The van der Waals surface area contributed by atoms with Gasteiger partial charge in [0, 0.05) is 63.5 Å². The van der Waals surface area contributed by atoms with E-state index in [0.717, 1.165) is 88.3 Å². The maximum atomic E-state index is 12.6. The molecule has 2 fully saturated rings. The van der Waals surface area contributed by atoms with E-state index in [9.17, 15) is 4.79 Å². The largest absolute Gasteiger partial charge is 0.357 e. The lowest BCUT2D eigenvalue weighted by Crippen LogP contribution is -2.50. The number of guanidine groups is 1. The van der Waals surface area contributed by atoms with Crippen molar-refractivity contribution in [1.29, 1.82) is 0 Å². The molecule has 0 spiro atoms. The second-order valence-electron chi connectivity index (χ2n) is 7.94. The molecule has 1 saturated heterocycles. The molecule has 0 atom stereocenters. The summed E-state index contributed by atoms with van der Waals surface area (Å²) in [4.78, 5) is 26.3. The molecule has 9 heteroatoms. The molecular formula is C21H37IN6OS. The maximum absolute atomic E-state index is 12.6. The summed E-state index contributed by atoms with van der Waals surface area (Å²) in [6, 6.07) is 0. The van der Waals surface area contributed by atoms with Crippen LogP contribution in [0.5, 0.6) is 0 Å². The summed E-state index contributed by atoms with van der Waals surface area (Å²) in [5, 5.41) is 9.96. The van der Waals surface area contributed by atoms with Crippen LogP contribution in [0.4, 0.5) is 0 Å². The molecule has 0 aromatic carbocycles.